The monoisotopic (exact) mass is 370 g/mol. The minimum absolute atomic E-state index is 0.000713. The fourth-order valence-corrected chi connectivity index (χ4v) is 4.75. The minimum Gasteiger partial charge on any atom is -0.341 e. The van der Waals surface area contributed by atoms with Crippen molar-refractivity contribution in [3.8, 4) is 0 Å². The summed E-state index contributed by atoms with van der Waals surface area (Å²) in [6.07, 6.45) is 6.74. The van der Waals surface area contributed by atoms with E-state index < -0.39 is 0 Å². The second-order valence-corrected chi connectivity index (χ2v) is 8.04. The van der Waals surface area contributed by atoms with Crippen LogP contribution in [-0.2, 0) is 17.9 Å². The first kappa shape index (κ1) is 17.0. The Kier molecular flexibility index (Phi) is 4.40. The number of thiophene rings is 1. The topological polar surface area (TPSA) is 60.1 Å². The Labute approximate surface area is 155 Å². The fourth-order valence-electron chi connectivity index (χ4n) is 3.72. The van der Waals surface area contributed by atoms with Gasteiger partial charge in [0, 0.05) is 29.9 Å². The summed E-state index contributed by atoms with van der Waals surface area (Å²) >= 11 is 1.66. The van der Waals surface area contributed by atoms with Crippen molar-refractivity contribution in [2.75, 3.05) is 13.1 Å². The molecule has 0 bridgehead atoms. The lowest BCUT2D eigenvalue weighted by molar-refractivity contribution is -0.133. The van der Waals surface area contributed by atoms with Gasteiger partial charge in [-0.25, -0.2) is 4.68 Å². The Bertz CT molecular complexity index is 1050. The first-order valence-electron chi connectivity index (χ1n) is 8.97. The molecule has 1 aliphatic heterocycles. The number of nitrogens with zero attached hydrogens (tertiary/aromatic N) is 4. The number of piperidine rings is 1. The third kappa shape index (κ3) is 2.76. The number of fused-ring (bicyclic) bond motifs is 3. The number of amides is 1. The highest BCUT2D eigenvalue weighted by molar-refractivity contribution is 7.20. The second-order valence-electron chi connectivity index (χ2n) is 6.78. The Hall–Kier alpha value is -2.41. The number of aryl methyl sites for hydroxylation is 1. The number of aromatic nitrogens is 3. The first-order valence-corrected chi connectivity index (χ1v) is 9.79. The number of hydrogen-bond acceptors (Lipinski definition) is 4. The molecule has 0 saturated carbocycles. The number of carbonyl (C=O) groups excluding carboxylic acids is 1. The maximum absolute atomic E-state index is 13.1. The summed E-state index contributed by atoms with van der Waals surface area (Å²) in [6.45, 7) is 7.97. The molecule has 0 atom stereocenters. The Morgan fingerprint density at radius 2 is 2.12 bits per heavy atom. The molecule has 1 amide bonds. The zero-order valence-electron chi connectivity index (χ0n) is 14.9. The Morgan fingerprint density at radius 3 is 2.85 bits per heavy atom. The van der Waals surface area contributed by atoms with Crippen LogP contribution in [0.25, 0.3) is 21.1 Å². The van der Waals surface area contributed by atoms with E-state index >= 15 is 0 Å². The van der Waals surface area contributed by atoms with Crippen LogP contribution in [0, 0.1) is 6.92 Å². The van der Waals surface area contributed by atoms with Gasteiger partial charge in [0.25, 0.3) is 5.56 Å². The second kappa shape index (κ2) is 6.72. The van der Waals surface area contributed by atoms with Crippen LogP contribution in [0.3, 0.4) is 0 Å². The molecule has 0 spiro atoms. The van der Waals surface area contributed by atoms with Crippen LogP contribution >= 0.6 is 11.3 Å². The van der Waals surface area contributed by atoms with Crippen molar-refractivity contribution in [1.82, 2.24) is 19.2 Å². The lowest BCUT2D eigenvalue weighted by Gasteiger charge is -2.26. The summed E-state index contributed by atoms with van der Waals surface area (Å²) in [5.74, 6) is -0.0295. The summed E-state index contributed by atoms with van der Waals surface area (Å²) < 4.78 is 4.35. The Balaban J connectivity index is 1.78. The molecule has 136 valence electrons. The van der Waals surface area contributed by atoms with Gasteiger partial charge >= 0.3 is 0 Å². The van der Waals surface area contributed by atoms with Crippen molar-refractivity contribution in [2.24, 2.45) is 0 Å². The predicted molar refractivity (Wildman–Crippen MR) is 105 cm³/mol. The molecule has 0 radical (unpaired) electrons. The summed E-state index contributed by atoms with van der Waals surface area (Å²) in [5, 5.41) is 5.15. The molecule has 0 N–H and O–H groups in total. The highest BCUT2D eigenvalue weighted by Gasteiger charge is 2.21. The molecule has 1 aliphatic rings. The van der Waals surface area contributed by atoms with E-state index in [2.05, 4.69) is 24.7 Å². The quantitative estimate of drug-likeness (QED) is 0.664. The van der Waals surface area contributed by atoms with Gasteiger partial charge in [-0.05, 0) is 32.3 Å². The molecule has 0 aromatic carbocycles. The van der Waals surface area contributed by atoms with Gasteiger partial charge in [-0.2, -0.15) is 5.10 Å². The van der Waals surface area contributed by atoms with Crippen molar-refractivity contribution in [2.45, 2.75) is 39.3 Å². The molecule has 1 fully saturated rings. The van der Waals surface area contributed by atoms with E-state index in [1.807, 2.05) is 9.47 Å². The summed E-state index contributed by atoms with van der Waals surface area (Å²) in [4.78, 5) is 28.6. The molecule has 1 saturated heterocycles. The average molecular weight is 370 g/mol. The van der Waals surface area contributed by atoms with Gasteiger partial charge in [-0.3, -0.25) is 9.59 Å². The van der Waals surface area contributed by atoms with Gasteiger partial charge in [0.15, 0.2) is 0 Å². The zero-order valence-corrected chi connectivity index (χ0v) is 15.7. The molecule has 0 aliphatic carbocycles. The summed E-state index contributed by atoms with van der Waals surface area (Å²) in [6, 6.07) is 2.09. The van der Waals surface area contributed by atoms with Crippen molar-refractivity contribution >= 4 is 38.4 Å². The average Bonchev–Trinajstić information content (AvgIpc) is 3.15. The van der Waals surface area contributed by atoms with Crippen molar-refractivity contribution in [1.29, 1.82) is 0 Å². The fraction of sp³-hybridized carbons (Fsp3) is 0.421. The standard InChI is InChI=1S/C19H22N4O2S/c1-3-7-22-15-10-13(2)26-18(15)14-11-20-23(19(25)17(14)22)12-16(24)21-8-5-4-6-9-21/h3,10-11H,1,4-9,12H2,2H3. The number of hydrogen-bond donors (Lipinski definition) is 0. The van der Waals surface area contributed by atoms with Gasteiger partial charge < -0.3 is 9.47 Å². The summed E-state index contributed by atoms with van der Waals surface area (Å²) in [7, 11) is 0. The molecule has 26 heavy (non-hydrogen) atoms. The molecule has 4 heterocycles. The lowest BCUT2D eigenvalue weighted by Crippen LogP contribution is -2.40. The molecule has 7 heteroatoms. The van der Waals surface area contributed by atoms with Gasteiger partial charge in [-0.15, -0.1) is 17.9 Å². The van der Waals surface area contributed by atoms with E-state index in [1.165, 1.54) is 16.0 Å². The normalized spacial score (nSPS) is 15.0. The molecule has 3 aromatic rings. The van der Waals surface area contributed by atoms with Gasteiger partial charge in [-0.1, -0.05) is 6.08 Å². The smallest absolute Gasteiger partial charge is 0.291 e. The van der Waals surface area contributed by atoms with Crippen LogP contribution in [0.2, 0.25) is 0 Å². The van der Waals surface area contributed by atoms with Crippen molar-refractivity contribution in [3.63, 3.8) is 0 Å². The molecule has 6 nitrogen and oxygen atoms in total. The maximum Gasteiger partial charge on any atom is 0.291 e. The van der Waals surface area contributed by atoms with Crippen LogP contribution in [0.1, 0.15) is 24.1 Å². The lowest BCUT2D eigenvalue weighted by atomic mass is 10.1. The highest BCUT2D eigenvalue weighted by atomic mass is 32.1. The largest absolute Gasteiger partial charge is 0.341 e. The summed E-state index contributed by atoms with van der Waals surface area (Å²) in [5.41, 5.74) is 1.42. The first-order chi connectivity index (χ1) is 12.6. The molecule has 3 aromatic heterocycles. The third-order valence-corrected chi connectivity index (χ3v) is 6.04. The van der Waals surface area contributed by atoms with Crippen LogP contribution in [-0.4, -0.2) is 38.2 Å². The third-order valence-electron chi connectivity index (χ3n) is 4.96. The number of likely N-dealkylation sites (tertiary alicyclic amines) is 1. The zero-order chi connectivity index (χ0) is 18.3. The molecule has 4 rings (SSSR count). The highest BCUT2D eigenvalue weighted by Crippen LogP contribution is 2.33. The number of allylic oxidation sites excluding steroid dienone is 1. The molecule has 0 unspecified atom stereocenters. The van der Waals surface area contributed by atoms with Gasteiger partial charge in [0.2, 0.25) is 5.91 Å². The van der Waals surface area contributed by atoms with Crippen LogP contribution in [0.5, 0.6) is 0 Å². The van der Waals surface area contributed by atoms with E-state index in [0.29, 0.717) is 12.1 Å². The molecular formula is C19H22N4O2S. The van der Waals surface area contributed by atoms with Gasteiger partial charge in [0.05, 0.1) is 16.4 Å². The van der Waals surface area contributed by atoms with E-state index in [9.17, 15) is 9.59 Å². The van der Waals surface area contributed by atoms with Crippen molar-refractivity contribution < 1.29 is 4.79 Å². The van der Waals surface area contributed by atoms with Crippen LogP contribution in [0.4, 0.5) is 0 Å². The van der Waals surface area contributed by atoms with Crippen LogP contribution < -0.4 is 5.56 Å². The maximum atomic E-state index is 13.1. The predicted octanol–water partition coefficient (Wildman–Crippen LogP) is 2.92. The number of rotatable bonds is 4. The van der Waals surface area contributed by atoms with Crippen LogP contribution in [0.15, 0.2) is 29.7 Å². The van der Waals surface area contributed by atoms with Crippen molar-refractivity contribution in [3.05, 3.63) is 40.1 Å². The SMILES string of the molecule is C=CCn1c2cc(C)sc2c2cnn(CC(=O)N3CCCCC3)c(=O)c21. The number of carbonyl (C=O) groups is 1. The van der Waals surface area contributed by atoms with E-state index in [-0.39, 0.29) is 18.0 Å². The minimum atomic E-state index is -0.212. The Morgan fingerprint density at radius 1 is 1.35 bits per heavy atom. The van der Waals surface area contributed by atoms with E-state index in [0.717, 1.165) is 41.5 Å². The van der Waals surface area contributed by atoms with E-state index in [4.69, 9.17) is 0 Å². The van der Waals surface area contributed by atoms with Gasteiger partial charge in [0.1, 0.15) is 12.1 Å². The molecular weight excluding hydrogens is 348 g/mol. The van der Waals surface area contributed by atoms with E-state index in [1.54, 1.807) is 23.6 Å².